The lowest BCUT2D eigenvalue weighted by atomic mass is 10.1. The molecular formula is C21H16Cl3N3. The summed E-state index contributed by atoms with van der Waals surface area (Å²) in [6.07, 6.45) is 0.345. The van der Waals surface area contributed by atoms with E-state index in [-0.39, 0.29) is 18.5 Å². The number of nitrogens with one attached hydrogen (secondary N) is 1. The van der Waals surface area contributed by atoms with Gasteiger partial charge < -0.3 is 0 Å². The lowest BCUT2D eigenvalue weighted by Crippen LogP contribution is -2.27. The summed E-state index contributed by atoms with van der Waals surface area (Å²) in [5.41, 5.74) is 3.58. The fraction of sp³-hybridized carbons (Fsp3) is 0.143. The van der Waals surface area contributed by atoms with Crippen molar-refractivity contribution in [2.45, 2.75) is 18.5 Å². The fourth-order valence-electron chi connectivity index (χ4n) is 3.78. The lowest BCUT2D eigenvalue weighted by molar-refractivity contribution is 0.314. The molecule has 0 bridgehead atoms. The van der Waals surface area contributed by atoms with Crippen molar-refractivity contribution in [3.8, 4) is 0 Å². The van der Waals surface area contributed by atoms with Crippen molar-refractivity contribution < 1.29 is 0 Å². The van der Waals surface area contributed by atoms with Crippen LogP contribution in [0.15, 0.2) is 72.8 Å². The van der Waals surface area contributed by atoms with Gasteiger partial charge in [0.1, 0.15) is 18.5 Å². The van der Waals surface area contributed by atoms with Crippen LogP contribution in [0.2, 0.25) is 15.1 Å². The second-order valence-electron chi connectivity index (χ2n) is 6.76. The molecule has 0 aliphatic carbocycles. The van der Waals surface area contributed by atoms with Gasteiger partial charge in [0.15, 0.2) is 0 Å². The predicted octanol–water partition coefficient (Wildman–Crippen LogP) is 6.18. The zero-order valence-corrected chi connectivity index (χ0v) is 16.5. The molecule has 1 N–H and O–H groups in total. The summed E-state index contributed by atoms with van der Waals surface area (Å²) < 4.78 is 0. The molecule has 2 aliphatic heterocycles. The summed E-state index contributed by atoms with van der Waals surface area (Å²) in [4.78, 5) is 0. The van der Waals surface area contributed by atoms with Crippen LogP contribution in [0.25, 0.3) is 0 Å². The molecule has 5 rings (SSSR count). The highest BCUT2D eigenvalue weighted by molar-refractivity contribution is 6.31. The Labute approximate surface area is 173 Å². The maximum absolute atomic E-state index is 6.07. The number of halogens is 3. The number of fused-ring (bicyclic) bond motifs is 1. The lowest BCUT2D eigenvalue weighted by Gasteiger charge is -2.21. The molecule has 2 saturated heterocycles. The van der Waals surface area contributed by atoms with E-state index in [0.717, 1.165) is 15.1 Å². The molecule has 0 radical (unpaired) electrons. The Balaban J connectivity index is 1.51. The number of rotatable bonds is 3. The van der Waals surface area contributed by atoms with E-state index < -0.39 is 0 Å². The van der Waals surface area contributed by atoms with Crippen molar-refractivity contribution in [3.63, 3.8) is 0 Å². The number of hydrazine groups is 1. The van der Waals surface area contributed by atoms with E-state index in [1.807, 2.05) is 36.4 Å². The van der Waals surface area contributed by atoms with Crippen LogP contribution in [0.1, 0.15) is 35.2 Å². The second kappa shape index (κ2) is 6.78. The van der Waals surface area contributed by atoms with Crippen LogP contribution < -0.4 is 5.32 Å². The maximum Gasteiger partial charge on any atom is 0.119 e. The van der Waals surface area contributed by atoms with Crippen LogP contribution in [0, 0.1) is 0 Å². The van der Waals surface area contributed by atoms with E-state index in [1.54, 1.807) is 0 Å². The normalized spacial score (nSPS) is 28.8. The summed E-state index contributed by atoms with van der Waals surface area (Å²) in [5, 5.41) is 10.6. The van der Waals surface area contributed by atoms with Crippen LogP contribution >= 0.6 is 34.8 Å². The van der Waals surface area contributed by atoms with Crippen molar-refractivity contribution in [1.29, 1.82) is 0 Å². The molecule has 0 amide bonds. The first-order valence-electron chi connectivity index (χ1n) is 8.71. The van der Waals surface area contributed by atoms with Crippen molar-refractivity contribution in [2.24, 2.45) is 0 Å². The zero-order valence-electron chi connectivity index (χ0n) is 14.2. The van der Waals surface area contributed by atoms with Crippen LogP contribution in [0.3, 0.4) is 0 Å². The molecule has 0 saturated carbocycles. The van der Waals surface area contributed by atoms with Crippen LogP contribution in [0.4, 0.5) is 0 Å². The number of benzene rings is 3. The Bertz CT molecular complexity index is 900. The zero-order chi connectivity index (χ0) is 18.5. The summed E-state index contributed by atoms with van der Waals surface area (Å²) >= 11 is 18.2. The molecule has 4 atom stereocenters. The van der Waals surface area contributed by atoms with E-state index >= 15 is 0 Å². The molecule has 3 nitrogen and oxygen atoms in total. The van der Waals surface area contributed by atoms with E-state index in [0.29, 0.717) is 0 Å². The summed E-state index contributed by atoms with van der Waals surface area (Å²) in [7, 11) is 0. The van der Waals surface area contributed by atoms with E-state index in [2.05, 4.69) is 51.7 Å². The third-order valence-electron chi connectivity index (χ3n) is 5.10. The number of nitrogens with zero attached hydrogens (tertiary/aromatic N) is 2. The van der Waals surface area contributed by atoms with Crippen molar-refractivity contribution in [1.82, 2.24) is 15.3 Å². The molecule has 2 fully saturated rings. The van der Waals surface area contributed by atoms with Crippen LogP contribution in [-0.4, -0.2) is 10.0 Å². The smallest absolute Gasteiger partial charge is 0.119 e. The second-order valence-corrected chi connectivity index (χ2v) is 8.07. The SMILES string of the molecule is Clc1ccc(C2N3[C@H](c4ccc(Cl)cc4)N[C@@H](c4ccc(Cl)cc4)N23)cc1. The molecule has 6 heteroatoms. The highest BCUT2D eigenvalue weighted by atomic mass is 35.5. The molecule has 3 aromatic carbocycles. The number of hydrogen-bond acceptors (Lipinski definition) is 3. The summed E-state index contributed by atoms with van der Waals surface area (Å²) in [6.45, 7) is 0. The monoisotopic (exact) mass is 415 g/mol. The Kier molecular flexibility index (Phi) is 4.40. The first-order chi connectivity index (χ1) is 13.1. The van der Waals surface area contributed by atoms with Gasteiger partial charge in [-0.2, -0.15) is 10.0 Å². The van der Waals surface area contributed by atoms with Gasteiger partial charge in [0, 0.05) is 15.1 Å². The van der Waals surface area contributed by atoms with Crippen LogP contribution in [0.5, 0.6) is 0 Å². The molecule has 0 aromatic heterocycles. The Morgan fingerprint density at radius 1 is 0.519 bits per heavy atom. The van der Waals surface area contributed by atoms with E-state index in [9.17, 15) is 0 Å². The fourth-order valence-corrected chi connectivity index (χ4v) is 4.16. The Morgan fingerprint density at radius 2 is 0.852 bits per heavy atom. The molecule has 2 unspecified atom stereocenters. The van der Waals surface area contributed by atoms with Gasteiger partial charge in [0.2, 0.25) is 0 Å². The highest BCUT2D eigenvalue weighted by Gasteiger charge is 2.60. The minimum absolute atomic E-state index is 0.0728. The predicted molar refractivity (Wildman–Crippen MR) is 109 cm³/mol. The minimum atomic E-state index is 0.0728. The molecular weight excluding hydrogens is 401 g/mol. The molecule has 27 heavy (non-hydrogen) atoms. The topological polar surface area (TPSA) is 18.0 Å². The summed E-state index contributed by atoms with van der Waals surface area (Å²) in [6, 6.07) is 24.0. The summed E-state index contributed by atoms with van der Waals surface area (Å²) in [5.74, 6) is 0. The molecule has 0 spiro atoms. The standard InChI is InChI=1S/C21H16Cl3N3/c22-16-7-1-13(2-8-16)19-25-20(14-3-9-17(23)10-4-14)27-21(26(19)27)15-5-11-18(24)12-6-15/h1-12,19-21,25H/t19-,20-,21?,26?,27?/m1/s1. The third-order valence-corrected chi connectivity index (χ3v) is 5.85. The van der Waals surface area contributed by atoms with Crippen molar-refractivity contribution in [3.05, 3.63) is 105 Å². The van der Waals surface area contributed by atoms with Gasteiger partial charge >= 0.3 is 0 Å². The van der Waals surface area contributed by atoms with Gasteiger partial charge in [0.25, 0.3) is 0 Å². The Morgan fingerprint density at radius 3 is 1.22 bits per heavy atom. The van der Waals surface area contributed by atoms with E-state index in [4.69, 9.17) is 34.8 Å². The van der Waals surface area contributed by atoms with Gasteiger partial charge in [-0.15, -0.1) is 0 Å². The highest BCUT2D eigenvalue weighted by Crippen LogP contribution is 2.56. The van der Waals surface area contributed by atoms with E-state index in [1.165, 1.54) is 16.7 Å². The van der Waals surface area contributed by atoms with Gasteiger partial charge in [-0.1, -0.05) is 71.2 Å². The van der Waals surface area contributed by atoms with Crippen molar-refractivity contribution in [2.75, 3.05) is 0 Å². The minimum Gasteiger partial charge on any atom is -0.276 e. The molecule has 136 valence electrons. The van der Waals surface area contributed by atoms with Gasteiger partial charge in [-0.3, -0.25) is 5.32 Å². The van der Waals surface area contributed by atoms with Gasteiger partial charge in [-0.25, -0.2) is 0 Å². The average Bonchev–Trinajstić information content (AvgIpc) is 3.28. The molecule has 2 aliphatic rings. The quantitative estimate of drug-likeness (QED) is 0.514. The molecule has 3 aromatic rings. The Hall–Kier alpha value is -1.59. The number of hydrogen-bond donors (Lipinski definition) is 1. The van der Waals surface area contributed by atoms with Gasteiger partial charge in [0.05, 0.1) is 0 Å². The maximum atomic E-state index is 6.07. The largest absolute Gasteiger partial charge is 0.276 e. The first kappa shape index (κ1) is 17.5. The van der Waals surface area contributed by atoms with Gasteiger partial charge in [-0.05, 0) is 53.1 Å². The third kappa shape index (κ3) is 3.15. The van der Waals surface area contributed by atoms with Crippen LogP contribution in [-0.2, 0) is 0 Å². The average molecular weight is 417 g/mol. The van der Waals surface area contributed by atoms with Crippen molar-refractivity contribution >= 4 is 34.8 Å². The molecule has 2 heterocycles. The first-order valence-corrected chi connectivity index (χ1v) is 9.84.